The number of carbonyl (C=O) groups excluding carboxylic acids is 1. The van der Waals surface area contributed by atoms with Crippen LogP contribution in [0.1, 0.15) is 58.2 Å². The first-order valence-electron chi connectivity index (χ1n) is 12.2. The quantitative estimate of drug-likeness (QED) is 0.380. The number of aromatic nitrogens is 2. The Morgan fingerprint density at radius 3 is 2.61 bits per heavy atom. The number of nitrogens with zero attached hydrogens (tertiary/aromatic N) is 2. The van der Waals surface area contributed by atoms with E-state index in [-0.39, 0.29) is 12.1 Å². The van der Waals surface area contributed by atoms with E-state index in [2.05, 4.69) is 15.7 Å². The molecule has 9 nitrogen and oxygen atoms in total. The van der Waals surface area contributed by atoms with Crippen molar-refractivity contribution in [2.45, 2.75) is 52.4 Å². The van der Waals surface area contributed by atoms with Crippen LogP contribution < -0.4 is 25.8 Å². The van der Waals surface area contributed by atoms with Gasteiger partial charge in [0.2, 0.25) is 0 Å². The number of hydrogen-bond donors (Lipinski definition) is 3. The maximum absolute atomic E-state index is 13.3. The van der Waals surface area contributed by atoms with Gasteiger partial charge in [-0.25, -0.2) is 4.68 Å². The van der Waals surface area contributed by atoms with E-state index in [0.717, 1.165) is 53.0 Å². The Hall–Kier alpha value is -3.56. The highest BCUT2D eigenvalue weighted by molar-refractivity contribution is 6.05. The van der Waals surface area contributed by atoms with Gasteiger partial charge in [-0.2, -0.15) is 5.10 Å². The molecule has 3 aromatic rings. The van der Waals surface area contributed by atoms with E-state index in [1.165, 1.54) is 0 Å². The molecule has 1 amide bonds. The van der Waals surface area contributed by atoms with E-state index < -0.39 is 0 Å². The van der Waals surface area contributed by atoms with Crippen molar-refractivity contribution in [3.63, 3.8) is 0 Å². The molecule has 192 valence electrons. The number of methoxy groups -OCH3 is 2. The van der Waals surface area contributed by atoms with Gasteiger partial charge >= 0.3 is 0 Å². The van der Waals surface area contributed by atoms with Gasteiger partial charge in [0, 0.05) is 43.1 Å². The van der Waals surface area contributed by atoms with Crippen molar-refractivity contribution in [2.24, 2.45) is 0 Å². The van der Waals surface area contributed by atoms with Crippen LogP contribution in [0.25, 0.3) is 0 Å². The number of rotatable bonds is 9. The molecule has 2 heterocycles. The minimum absolute atomic E-state index is 0.174. The zero-order valence-corrected chi connectivity index (χ0v) is 21.4. The predicted molar refractivity (Wildman–Crippen MR) is 139 cm³/mol. The first-order chi connectivity index (χ1) is 17.4. The fourth-order valence-electron chi connectivity index (χ4n) is 4.29. The molecule has 0 bridgehead atoms. The third kappa shape index (κ3) is 5.80. The summed E-state index contributed by atoms with van der Waals surface area (Å²) >= 11 is 0. The number of carbonyl (C=O) groups is 1. The third-order valence-electron chi connectivity index (χ3n) is 6.51. The molecule has 1 fully saturated rings. The second-order valence-corrected chi connectivity index (χ2v) is 9.06. The average molecular weight is 494 g/mol. The first kappa shape index (κ1) is 25.5. The SMILES string of the molecule is COc1ccc(CNCc2cn(C3CCCCO3)nc2C(=O)Nc2cc(C)c(C)cc2N)c(OC)c1. The zero-order valence-electron chi connectivity index (χ0n) is 21.4. The Morgan fingerprint density at radius 1 is 1.11 bits per heavy atom. The fourth-order valence-corrected chi connectivity index (χ4v) is 4.29. The molecule has 1 aromatic heterocycles. The van der Waals surface area contributed by atoms with Crippen LogP contribution >= 0.6 is 0 Å². The minimum Gasteiger partial charge on any atom is -0.497 e. The van der Waals surface area contributed by atoms with E-state index in [1.54, 1.807) is 18.9 Å². The summed E-state index contributed by atoms with van der Waals surface area (Å²) < 4.78 is 18.5. The number of nitrogens with one attached hydrogen (secondary N) is 2. The van der Waals surface area contributed by atoms with E-state index in [0.29, 0.717) is 36.8 Å². The van der Waals surface area contributed by atoms with E-state index in [4.69, 9.17) is 19.9 Å². The van der Waals surface area contributed by atoms with E-state index >= 15 is 0 Å². The van der Waals surface area contributed by atoms with Gasteiger partial charge in [0.15, 0.2) is 5.69 Å². The van der Waals surface area contributed by atoms with Crippen LogP contribution in [0.3, 0.4) is 0 Å². The molecule has 1 aliphatic rings. The minimum atomic E-state index is -0.307. The number of nitrogen functional groups attached to an aromatic ring is 1. The van der Waals surface area contributed by atoms with Crippen molar-refractivity contribution in [1.82, 2.24) is 15.1 Å². The van der Waals surface area contributed by atoms with Crippen LogP contribution in [-0.2, 0) is 17.8 Å². The number of aryl methyl sites for hydroxylation is 2. The van der Waals surface area contributed by atoms with Gasteiger partial charge in [-0.3, -0.25) is 4.79 Å². The largest absolute Gasteiger partial charge is 0.497 e. The van der Waals surface area contributed by atoms with Crippen LogP contribution in [0.4, 0.5) is 11.4 Å². The molecule has 1 unspecified atom stereocenters. The lowest BCUT2D eigenvalue weighted by atomic mass is 10.1. The number of benzene rings is 2. The topological polar surface area (TPSA) is 113 Å². The molecule has 9 heteroatoms. The summed E-state index contributed by atoms with van der Waals surface area (Å²) in [5.41, 5.74) is 11.5. The molecule has 1 aliphatic heterocycles. The molecule has 1 atom stereocenters. The monoisotopic (exact) mass is 493 g/mol. The second-order valence-electron chi connectivity index (χ2n) is 9.06. The summed E-state index contributed by atoms with van der Waals surface area (Å²) in [6, 6.07) is 9.45. The highest BCUT2D eigenvalue weighted by atomic mass is 16.5. The molecule has 36 heavy (non-hydrogen) atoms. The Morgan fingerprint density at radius 2 is 1.89 bits per heavy atom. The molecular weight excluding hydrogens is 458 g/mol. The summed E-state index contributed by atoms with van der Waals surface area (Å²) in [5, 5.41) is 11.0. The zero-order chi connectivity index (χ0) is 25.7. The highest BCUT2D eigenvalue weighted by Crippen LogP contribution is 2.27. The van der Waals surface area contributed by atoms with Crippen LogP contribution in [0.15, 0.2) is 36.5 Å². The Balaban J connectivity index is 1.54. The van der Waals surface area contributed by atoms with Gasteiger partial charge in [-0.15, -0.1) is 0 Å². The van der Waals surface area contributed by atoms with E-state index in [1.807, 2.05) is 50.4 Å². The van der Waals surface area contributed by atoms with Crippen molar-refractivity contribution >= 4 is 17.3 Å². The molecule has 0 aliphatic carbocycles. The molecular formula is C27H35N5O4. The van der Waals surface area contributed by atoms with Crippen LogP contribution in [0, 0.1) is 13.8 Å². The van der Waals surface area contributed by atoms with Gasteiger partial charge < -0.3 is 30.6 Å². The van der Waals surface area contributed by atoms with Gasteiger partial charge in [0.25, 0.3) is 5.91 Å². The number of anilines is 2. The predicted octanol–water partition coefficient (Wildman–Crippen LogP) is 4.34. The lowest BCUT2D eigenvalue weighted by Crippen LogP contribution is -2.20. The van der Waals surface area contributed by atoms with Crippen molar-refractivity contribution in [3.8, 4) is 11.5 Å². The molecule has 2 aromatic carbocycles. The molecule has 0 radical (unpaired) electrons. The van der Waals surface area contributed by atoms with Crippen LogP contribution in [-0.4, -0.2) is 36.5 Å². The lowest BCUT2D eigenvalue weighted by molar-refractivity contribution is -0.0396. The number of amides is 1. The molecule has 0 spiro atoms. The molecule has 4 rings (SSSR count). The van der Waals surface area contributed by atoms with Gasteiger partial charge in [0.05, 0.1) is 25.6 Å². The van der Waals surface area contributed by atoms with Crippen molar-refractivity contribution in [2.75, 3.05) is 31.9 Å². The normalized spacial score (nSPS) is 15.5. The standard InChI is InChI=1S/C27H35N5O4/c1-17-11-22(28)23(12-18(17)2)30-27(33)26-20(16-32(31-26)25-7-5-6-10-36-25)15-29-14-19-8-9-21(34-3)13-24(19)35-4/h8-9,11-13,16,25,29H,5-7,10,14-15,28H2,1-4H3,(H,30,33). The highest BCUT2D eigenvalue weighted by Gasteiger charge is 2.23. The van der Waals surface area contributed by atoms with Gasteiger partial charge in [-0.05, 0) is 62.4 Å². The van der Waals surface area contributed by atoms with Gasteiger partial charge in [-0.1, -0.05) is 6.07 Å². The summed E-state index contributed by atoms with van der Waals surface area (Å²) in [5.74, 6) is 1.16. The first-order valence-corrected chi connectivity index (χ1v) is 12.2. The second kappa shape index (κ2) is 11.5. The lowest BCUT2D eigenvalue weighted by Gasteiger charge is -2.22. The summed E-state index contributed by atoms with van der Waals surface area (Å²) in [4.78, 5) is 13.3. The maximum Gasteiger partial charge on any atom is 0.276 e. The average Bonchev–Trinajstić information content (AvgIpc) is 3.32. The van der Waals surface area contributed by atoms with Crippen molar-refractivity contribution < 1.29 is 19.0 Å². The fraction of sp³-hybridized carbons (Fsp3) is 0.407. The third-order valence-corrected chi connectivity index (χ3v) is 6.51. The van der Waals surface area contributed by atoms with Crippen LogP contribution in [0.5, 0.6) is 11.5 Å². The number of ether oxygens (including phenoxy) is 3. The number of hydrogen-bond acceptors (Lipinski definition) is 7. The Kier molecular flexibility index (Phi) is 8.12. The summed E-state index contributed by atoms with van der Waals surface area (Å²) in [7, 11) is 3.26. The summed E-state index contributed by atoms with van der Waals surface area (Å²) in [6.45, 7) is 5.65. The van der Waals surface area contributed by atoms with Crippen molar-refractivity contribution in [3.05, 3.63) is 64.5 Å². The van der Waals surface area contributed by atoms with Crippen molar-refractivity contribution in [1.29, 1.82) is 0 Å². The Bertz CT molecular complexity index is 1220. The maximum atomic E-state index is 13.3. The van der Waals surface area contributed by atoms with E-state index in [9.17, 15) is 4.79 Å². The Labute approximate surface area is 211 Å². The molecule has 4 N–H and O–H groups in total. The van der Waals surface area contributed by atoms with Crippen LogP contribution in [0.2, 0.25) is 0 Å². The number of nitrogens with two attached hydrogens (primary N) is 1. The molecule has 0 saturated carbocycles. The smallest absolute Gasteiger partial charge is 0.276 e. The summed E-state index contributed by atoms with van der Waals surface area (Å²) in [6.07, 6.45) is 4.69. The van der Waals surface area contributed by atoms with Gasteiger partial charge in [0.1, 0.15) is 17.7 Å². The molecule has 1 saturated heterocycles.